The van der Waals surface area contributed by atoms with Gasteiger partial charge in [-0.25, -0.2) is 4.39 Å². The van der Waals surface area contributed by atoms with Crippen molar-refractivity contribution in [3.63, 3.8) is 0 Å². The quantitative estimate of drug-likeness (QED) is 0.911. The van der Waals surface area contributed by atoms with Crippen LogP contribution in [-0.4, -0.2) is 25.2 Å². The number of hydrogen-bond acceptors (Lipinski definition) is 2. The van der Waals surface area contributed by atoms with E-state index in [1.54, 1.807) is 0 Å². The average Bonchev–Trinajstić information content (AvgIpc) is 2.34. The van der Waals surface area contributed by atoms with E-state index in [4.69, 9.17) is 4.74 Å². The summed E-state index contributed by atoms with van der Waals surface area (Å²) in [6, 6.07) is 4.28. The smallest absolute Gasteiger partial charge is 0.251 e. The van der Waals surface area contributed by atoms with Crippen molar-refractivity contribution >= 4 is 21.8 Å². The molecule has 92 valence electrons. The first kappa shape index (κ1) is 12.5. The van der Waals surface area contributed by atoms with Gasteiger partial charge in [-0.1, -0.05) is 0 Å². The Balaban J connectivity index is 2.01. The van der Waals surface area contributed by atoms with Crippen LogP contribution >= 0.6 is 15.9 Å². The van der Waals surface area contributed by atoms with Crippen LogP contribution in [0.15, 0.2) is 22.7 Å². The maximum absolute atomic E-state index is 13.0. The summed E-state index contributed by atoms with van der Waals surface area (Å²) in [4.78, 5) is 11.9. The molecule has 5 heteroatoms. The van der Waals surface area contributed by atoms with Gasteiger partial charge in [0.2, 0.25) is 0 Å². The van der Waals surface area contributed by atoms with Crippen molar-refractivity contribution in [3.05, 3.63) is 34.1 Å². The largest absolute Gasteiger partial charge is 0.379 e. The van der Waals surface area contributed by atoms with Crippen molar-refractivity contribution in [2.45, 2.75) is 18.9 Å². The van der Waals surface area contributed by atoms with E-state index >= 15 is 0 Å². The second-order valence-corrected chi connectivity index (χ2v) is 4.87. The Bertz CT molecular complexity index is 419. The first-order chi connectivity index (χ1) is 8.16. The number of carbonyl (C=O) groups is 1. The van der Waals surface area contributed by atoms with Crippen LogP contribution in [0, 0.1) is 5.82 Å². The van der Waals surface area contributed by atoms with Crippen LogP contribution in [0.5, 0.6) is 0 Å². The highest BCUT2D eigenvalue weighted by Crippen LogP contribution is 2.17. The molecule has 1 aliphatic rings. The first-order valence-corrected chi connectivity index (χ1v) is 6.30. The zero-order chi connectivity index (χ0) is 12.3. The van der Waals surface area contributed by atoms with Gasteiger partial charge >= 0.3 is 0 Å². The van der Waals surface area contributed by atoms with Gasteiger partial charge in [0.25, 0.3) is 5.91 Å². The average molecular weight is 302 g/mol. The van der Waals surface area contributed by atoms with E-state index < -0.39 is 0 Å². The molecule has 1 fully saturated rings. The van der Waals surface area contributed by atoms with Gasteiger partial charge in [-0.2, -0.15) is 0 Å². The van der Waals surface area contributed by atoms with Gasteiger partial charge in [0.15, 0.2) is 0 Å². The van der Waals surface area contributed by atoms with Gasteiger partial charge in [-0.15, -0.1) is 0 Å². The molecule has 1 aromatic rings. The fourth-order valence-electron chi connectivity index (χ4n) is 1.76. The lowest BCUT2D eigenvalue weighted by Gasteiger charge is -2.23. The van der Waals surface area contributed by atoms with Crippen LogP contribution in [0.3, 0.4) is 0 Å². The molecule has 2 rings (SSSR count). The van der Waals surface area contributed by atoms with Crippen molar-refractivity contribution in [3.8, 4) is 0 Å². The molecule has 1 amide bonds. The van der Waals surface area contributed by atoms with E-state index in [2.05, 4.69) is 21.2 Å². The summed E-state index contributed by atoms with van der Waals surface area (Å²) in [7, 11) is 0. The fraction of sp³-hybridized carbons (Fsp3) is 0.417. The zero-order valence-corrected chi connectivity index (χ0v) is 10.8. The van der Waals surface area contributed by atoms with Crippen molar-refractivity contribution in [2.75, 3.05) is 13.2 Å². The molecule has 1 aromatic carbocycles. The van der Waals surface area contributed by atoms with E-state index in [1.807, 2.05) is 0 Å². The minimum Gasteiger partial charge on any atom is -0.379 e. The van der Waals surface area contributed by atoms with E-state index in [-0.39, 0.29) is 17.8 Å². The summed E-state index contributed by atoms with van der Waals surface area (Å²) in [5, 5.41) is 2.87. The van der Waals surface area contributed by atoms with Crippen LogP contribution in [0.4, 0.5) is 4.39 Å². The number of ether oxygens (including phenoxy) is 1. The summed E-state index contributed by atoms with van der Waals surface area (Å²) in [6.07, 6.45) is 1.88. The standard InChI is InChI=1S/C12H13BrFNO2/c13-10-6-8(3-4-11(10)14)12(16)15-9-2-1-5-17-7-9/h3-4,6,9H,1-2,5,7H2,(H,15,16). The highest BCUT2D eigenvalue weighted by Gasteiger charge is 2.17. The Hall–Kier alpha value is -0.940. The molecule has 1 unspecified atom stereocenters. The summed E-state index contributed by atoms with van der Waals surface area (Å²) in [5.74, 6) is -0.566. The number of hydrogen-bond donors (Lipinski definition) is 1. The van der Waals surface area contributed by atoms with E-state index in [1.165, 1.54) is 18.2 Å². The second-order valence-electron chi connectivity index (χ2n) is 4.02. The molecular formula is C12H13BrFNO2. The zero-order valence-electron chi connectivity index (χ0n) is 9.21. The minimum absolute atomic E-state index is 0.0556. The molecule has 1 heterocycles. The van der Waals surface area contributed by atoms with E-state index in [0.717, 1.165) is 19.4 Å². The van der Waals surface area contributed by atoms with Crippen LogP contribution in [-0.2, 0) is 4.74 Å². The van der Waals surface area contributed by atoms with Crippen molar-refractivity contribution in [1.29, 1.82) is 0 Å². The second kappa shape index (κ2) is 5.60. The molecule has 0 spiro atoms. The van der Waals surface area contributed by atoms with Gasteiger partial charge in [-0.05, 0) is 47.0 Å². The van der Waals surface area contributed by atoms with Gasteiger partial charge in [0.05, 0.1) is 17.1 Å². The fourth-order valence-corrected chi connectivity index (χ4v) is 2.14. The van der Waals surface area contributed by atoms with Gasteiger partial charge < -0.3 is 10.1 Å². The maximum Gasteiger partial charge on any atom is 0.251 e. The summed E-state index contributed by atoms with van der Waals surface area (Å²) in [5.41, 5.74) is 0.448. The number of halogens is 2. The molecule has 0 saturated carbocycles. The van der Waals surface area contributed by atoms with Crippen LogP contribution in [0.2, 0.25) is 0 Å². The number of carbonyl (C=O) groups excluding carboxylic acids is 1. The van der Waals surface area contributed by atoms with Crippen molar-refractivity contribution in [1.82, 2.24) is 5.32 Å². The van der Waals surface area contributed by atoms with E-state index in [0.29, 0.717) is 16.6 Å². The normalized spacial score (nSPS) is 20.0. The summed E-state index contributed by atoms with van der Waals surface area (Å²) >= 11 is 3.06. The highest BCUT2D eigenvalue weighted by atomic mass is 79.9. The Morgan fingerprint density at radius 1 is 1.53 bits per heavy atom. The number of nitrogens with one attached hydrogen (secondary N) is 1. The van der Waals surface area contributed by atoms with Crippen molar-refractivity contribution in [2.24, 2.45) is 0 Å². The molecule has 0 radical (unpaired) electrons. The SMILES string of the molecule is O=C(NC1CCCOC1)c1ccc(F)c(Br)c1. The van der Waals surface area contributed by atoms with Crippen LogP contribution in [0.25, 0.3) is 0 Å². The Labute approximate surface area is 107 Å². The third-order valence-corrected chi connectivity index (χ3v) is 3.29. The molecule has 0 aromatic heterocycles. The van der Waals surface area contributed by atoms with E-state index in [9.17, 15) is 9.18 Å². The summed E-state index contributed by atoms with van der Waals surface area (Å²) in [6.45, 7) is 1.31. The van der Waals surface area contributed by atoms with Crippen molar-refractivity contribution < 1.29 is 13.9 Å². The van der Waals surface area contributed by atoms with Gasteiger partial charge in [0, 0.05) is 12.2 Å². The Morgan fingerprint density at radius 2 is 2.35 bits per heavy atom. The maximum atomic E-state index is 13.0. The summed E-state index contributed by atoms with van der Waals surface area (Å²) < 4.78 is 18.6. The van der Waals surface area contributed by atoms with Crippen LogP contribution < -0.4 is 5.32 Å². The third kappa shape index (κ3) is 3.26. The molecule has 3 nitrogen and oxygen atoms in total. The lowest BCUT2D eigenvalue weighted by atomic mass is 10.1. The minimum atomic E-state index is -0.373. The molecule has 1 atom stereocenters. The molecule has 17 heavy (non-hydrogen) atoms. The molecule has 1 saturated heterocycles. The van der Waals surface area contributed by atoms with Crippen LogP contribution in [0.1, 0.15) is 23.2 Å². The molecule has 0 bridgehead atoms. The topological polar surface area (TPSA) is 38.3 Å². The molecule has 0 aliphatic carbocycles. The van der Waals surface area contributed by atoms with Gasteiger partial charge in [0.1, 0.15) is 5.82 Å². The Morgan fingerprint density at radius 3 is 3.00 bits per heavy atom. The third-order valence-electron chi connectivity index (χ3n) is 2.68. The highest BCUT2D eigenvalue weighted by molar-refractivity contribution is 9.10. The molecule has 1 aliphatic heterocycles. The number of rotatable bonds is 2. The number of amides is 1. The number of benzene rings is 1. The predicted molar refractivity (Wildman–Crippen MR) is 65.4 cm³/mol. The molecular weight excluding hydrogens is 289 g/mol. The lowest BCUT2D eigenvalue weighted by Crippen LogP contribution is -2.40. The predicted octanol–water partition coefficient (Wildman–Crippen LogP) is 2.50. The Kier molecular flexibility index (Phi) is 4.12. The van der Waals surface area contributed by atoms with Gasteiger partial charge in [-0.3, -0.25) is 4.79 Å². The first-order valence-electron chi connectivity index (χ1n) is 5.50. The monoisotopic (exact) mass is 301 g/mol. The lowest BCUT2D eigenvalue weighted by molar-refractivity contribution is 0.0624. The molecule has 1 N–H and O–H groups in total.